The Morgan fingerprint density at radius 1 is 0.762 bits per heavy atom. The van der Waals surface area contributed by atoms with Gasteiger partial charge in [-0.05, 0) is 30.2 Å². The van der Waals surface area contributed by atoms with E-state index in [-0.39, 0.29) is 38.1 Å². The minimum atomic E-state index is -0.937. The predicted molar refractivity (Wildman–Crippen MR) is 159 cm³/mol. The number of hydrogen-bond donors (Lipinski definition) is 1. The van der Waals surface area contributed by atoms with Crippen molar-refractivity contribution in [1.82, 2.24) is 19.6 Å². The number of carbonyl (C=O) groups excluding carboxylic acids is 4. The Balaban J connectivity index is 2.01. The van der Waals surface area contributed by atoms with Crippen LogP contribution in [0, 0.1) is 0 Å². The molecular weight excluding hydrogens is 564 g/mol. The van der Waals surface area contributed by atoms with Crippen molar-refractivity contribution in [2.45, 2.75) is 25.7 Å². The zero-order chi connectivity index (χ0) is 30.6. The van der Waals surface area contributed by atoms with E-state index in [1.165, 1.54) is 11.8 Å². The molecular formula is C29H44N4O8S. The van der Waals surface area contributed by atoms with Gasteiger partial charge in [-0.2, -0.15) is 11.8 Å². The Morgan fingerprint density at radius 2 is 1.21 bits per heavy atom. The number of ether oxygens (including phenoxy) is 2. The molecule has 0 spiro atoms. The highest BCUT2D eigenvalue weighted by Crippen LogP contribution is 2.12. The van der Waals surface area contributed by atoms with Gasteiger partial charge in [-0.3, -0.25) is 43.6 Å². The number of benzene rings is 1. The molecule has 0 saturated carbocycles. The summed E-state index contributed by atoms with van der Waals surface area (Å²) in [6.07, 6.45) is 4.08. The second-order valence-corrected chi connectivity index (χ2v) is 11.2. The van der Waals surface area contributed by atoms with Crippen LogP contribution in [0.4, 0.5) is 0 Å². The van der Waals surface area contributed by atoms with Crippen LogP contribution in [0.15, 0.2) is 24.3 Å². The first-order valence-electron chi connectivity index (χ1n) is 14.1. The molecule has 1 aliphatic heterocycles. The Labute approximate surface area is 252 Å². The third kappa shape index (κ3) is 15.4. The number of carboxylic acids is 1. The lowest BCUT2D eigenvalue weighted by molar-refractivity contribution is -0.139. The smallest absolute Gasteiger partial charge is 0.317 e. The maximum atomic E-state index is 13.1. The average Bonchev–Trinajstić information content (AvgIpc) is 2.97. The molecule has 2 rings (SSSR count). The van der Waals surface area contributed by atoms with E-state index in [1.54, 1.807) is 0 Å². The second-order valence-electron chi connectivity index (χ2n) is 10.3. The summed E-state index contributed by atoms with van der Waals surface area (Å²) < 4.78 is 9.92. The zero-order valence-electron chi connectivity index (χ0n) is 24.5. The molecule has 0 bridgehead atoms. The Bertz CT molecular complexity index is 998. The van der Waals surface area contributed by atoms with Gasteiger partial charge in [-0.25, -0.2) is 0 Å². The summed E-state index contributed by atoms with van der Waals surface area (Å²) in [7, 11) is 0. The van der Waals surface area contributed by atoms with Crippen molar-refractivity contribution < 1.29 is 38.6 Å². The van der Waals surface area contributed by atoms with Gasteiger partial charge < -0.3 is 14.6 Å². The van der Waals surface area contributed by atoms with E-state index in [2.05, 4.69) is 6.07 Å². The molecule has 0 amide bonds. The molecule has 42 heavy (non-hydrogen) atoms. The molecule has 1 aromatic carbocycles. The Kier molecular flexibility index (Phi) is 17.6. The Hall–Kier alpha value is -2.84. The summed E-state index contributed by atoms with van der Waals surface area (Å²) in [5, 5.41) is 9.41. The lowest BCUT2D eigenvalue weighted by Gasteiger charge is -2.33. The topological polar surface area (TPSA) is 137 Å². The van der Waals surface area contributed by atoms with Gasteiger partial charge in [0.1, 0.15) is 25.0 Å². The van der Waals surface area contributed by atoms with Crippen LogP contribution in [0.1, 0.15) is 24.0 Å². The van der Waals surface area contributed by atoms with E-state index in [0.717, 1.165) is 11.1 Å². The van der Waals surface area contributed by atoms with Crippen molar-refractivity contribution in [2.24, 2.45) is 0 Å². The van der Waals surface area contributed by atoms with Crippen LogP contribution < -0.4 is 0 Å². The molecule has 0 radical (unpaired) electrons. The third-order valence-electron chi connectivity index (χ3n) is 7.02. The molecule has 0 unspecified atom stereocenters. The van der Waals surface area contributed by atoms with Crippen LogP contribution in [0.2, 0.25) is 0 Å². The highest BCUT2D eigenvalue weighted by molar-refractivity contribution is 7.99. The molecule has 1 heterocycles. The van der Waals surface area contributed by atoms with Gasteiger partial charge in [0.15, 0.2) is 0 Å². The fourth-order valence-electron chi connectivity index (χ4n) is 4.69. The number of hydrogen-bond acceptors (Lipinski definition) is 12. The van der Waals surface area contributed by atoms with Gasteiger partial charge >= 0.3 is 5.97 Å². The summed E-state index contributed by atoms with van der Waals surface area (Å²) in [6, 6.07) is 8.03. The van der Waals surface area contributed by atoms with Crippen molar-refractivity contribution in [3.63, 3.8) is 0 Å². The molecule has 1 N–H and O–H groups in total. The summed E-state index contributed by atoms with van der Waals surface area (Å²) in [5.74, 6) is -0.0968. The van der Waals surface area contributed by atoms with Gasteiger partial charge in [0, 0.05) is 65.2 Å². The molecule has 0 aromatic heterocycles. The lowest BCUT2D eigenvalue weighted by Crippen LogP contribution is -2.48. The largest absolute Gasteiger partial charge is 0.480 e. The maximum Gasteiger partial charge on any atom is 0.317 e. The van der Waals surface area contributed by atoms with Crippen molar-refractivity contribution in [2.75, 3.05) is 90.9 Å². The van der Waals surface area contributed by atoms with Gasteiger partial charge in [0.2, 0.25) is 0 Å². The van der Waals surface area contributed by atoms with Gasteiger partial charge in [0.25, 0.3) is 12.9 Å². The molecule has 0 aliphatic carbocycles. The van der Waals surface area contributed by atoms with E-state index in [1.807, 2.05) is 44.1 Å². The van der Waals surface area contributed by atoms with Crippen LogP contribution in [0.25, 0.3) is 0 Å². The number of aliphatic carboxylic acids is 1. The van der Waals surface area contributed by atoms with Crippen molar-refractivity contribution in [1.29, 1.82) is 0 Å². The zero-order valence-corrected chi connectivity index (χ0v) is 25.3. The summed E-state index contributed by atoms with van der Waals surface area (Å²) in [4.78, 5) is 65.7. The SMILES string of the molecule is CSCC(=O)CCc1cccc(CCC(=O)CN2CCN(COC=O)CCN(COC=O)CCN(CC(=O)O)CC2)c1. The normalized spacial score (nSPS) is 16.6. The molecule has 13 heteroatoms. The fraction of sp³-hybridized carbons (Fsp3) is 0.621. The number of nitrogens with zero attached hydrogens (tertiary/aromatic N) is 4. The molecule has 1 saturated heterocycles. The molecule has 12 nitrogen and oxygen atoms in total. The van der Waals surface area contributed by atoms with Crippen LogP contribution in [0.3, 0.4) is 0 Å². The summed E-state index contributed by atoms with van der Waals surface area (Å²) in [5.41, 5.74) is 2.14. The first-order chi connectivity index (χ1) is 20.3. The molecule has 0 atom stereocenters. The highest BCUT2D eigenvalue weighted by atomic mass is 32.2. The van der Waals surface area contributed by atoms with Crippen LogP contribution in [0.5, 0.6) is 0 Å². The number of Topliss-reactive ketones (excluding diaryl/α,β-unsaturated/α-hetero) is 2. The first kappa shape index (κ1) is 35.4. The number of carbonyl (C=O) groups is 5. The minimum absolute atomic E-state index is 0.0759. The average molecular weight is 609 g/mol. The van der Waals surface area contributed by atoms with E-state index in [9.17, 15) is 29.1 Å². The monoisotopic (exact) mass is 608 g/mol. The lowest BCUT2D eigenvalue weighted by atomic mass is 10.0. The van der Waals surface area contributed by atoms with Crippen LogP contribution in [-0.4, -0.2) is 146 Å². The van der Waals surface area contributed by atoms with Crippen LogP contribution >= 0.6 is 11.8 Å². The fourth-order valence-corrected chi connectivity index (χ4v) is 5.15. The summed E-state index contributed by atoms with van der Waals surface area (Å²) >= 11 is 1.53. The maximum absolute atomic E-state index is 13.1. The molecule has 234 valence electrons. The van der Waals surface area contributed by atoms with Crippen molar-refractivity contribution in [3.8, 4) is 0 Å². The minimum Gasteiger partial charge on any atom is -0.480 e. The number of carboxylic acid groups (broad SMARTS) is 1. The number of rotatable bonds is 18. The second kappa shape index (κ2) is 20.9. The van der Waals surface area contributed by atoms with Crippen molar-refractivity contribution in [3.05, 3.63) is 35.4 Å². The Morgan fingerprint density at radius 3 is 1.67 bits per heavy atom. The van der Waals surface area contributed by atoms with E-state index in [0.29, 0.717) is 96.7 Å². The first-order valence-corrected chi connectivity index (χ1v) is 15.5. The van der Waals surface area contributed by atoms with Gasteiger partial charge in [-0.15, -0.1) is 0 Å². The number of thioether (sulfide) groups is 1. The molecule has 1 aliphatic rings. The third-order valence-corrected chi connectivity index (χ3v) is 7.63. The van der Waals surface area contributed by atoms with Crippen LogP contribution in [-0.2, 0) is 46.3 Å². The van der Waals surface area contributed by atoms with E-state index in [4.69, 9.17) is 9.47 Å². The highest BCUT2D eigenvalue weighted by Gasteiger charge is 2.19. The van der Waals surface area contributed by atoms with Gasteiger partial charge in [-0.1, -0.05) is 24.3 Å². The van der Waals surface area contributed by atoms with E-state index < -0.39 is 5.97 Å². The predicted octanol–water partition coefficient (Wildman–Crippen LogP) is 0.620. The molecule has 1 fully saturated rings. The van der Waals surface area contributed by atoms with Crippen molar-refractivity contribution >= 4 is 42.2 Å². The molecule has 1 aromatic rings. The quantitative estimate of drug-likeness (QED) is 0.233. The number of ketones is 2. The number of aryl methyl sites for hydroxylation is 2. The standard InChI is InChI=1S/C29H44N4O8S/c1-42-20-28(37)8-6-26-4-2-3-25(17-26)5-7-27(36)18-30-9-10-31(19-29(38)39)12-14-33(22-41-24-35)16-15-32(13-11-30)21-40-23-34/h2-4,17,23-24H,5-16,18-22H2,1H3,(H,38,39). The van der Waals surface area contributed by atoms with E-state index >= 15 is 0 Å². The van der Waals surface area contributed by atoms with Gasteiger partial charge in [0.05, 0.1) is 18.8 Å². The summed E-state index contributed by atoms with van der Waals surface area (Å²) in [6.45, 7) is 4.99.